The third kappa shape index (κ3) is 8.74. The molecule has 1 unspecified atom stereocenters. The van der Waals surface area contributed by atoms with Gasteiger partial charge in [0.05, 0.1) is 12.8 Å². The molecule has 1 aromatic heterocycles. The van der Waals surface area contributed by atoms with E-state index in [0.29, 0.717) is 18.9 Å². The van der Waals surface area contributed by atoms with Crippen LogP contribution in [0.3, 0.4) is 0 Å². The Morgan fingerprint density at radius 3 is 2.32 bits per heavy atom. The second-order valence-electron chi connectivity index (χ2n) is 9.60. The SMILES string of the molecule is CCN(CC)CCCNCC(O)CCCCCCCCCN1CN(C)c2c1n(C)c(=O)[nH]c2=O. The van der Waals surface area contributed by atoms with Gasteiger partial charge in [-0.1, -0.05) is 52.4 Å². The Hall–Kier alpha value is -1.84. The van der Waals surface area contributed by atoms with E-state index in [1.165, 1.54) is 30.3 Å². The minimum Gasteiger partial charge on any atom is -0.392 e. The number of H-pyrrole nitrogens is 1. The van der Waals surface area contributed by atoms with Crippen molar-refractivity contribution in [2.45, 2.75) is 77.7 Å². The number of anilines is 2. The number of aliphatic hydroxyl groups excluding tert-OH is 1. The lowest BCUT2D eigenvalue weighted by molar-refractivity contribution is 0.157. The Bertz CT molecular complexity index is 820. The Morgan fingerprint density at radius 1 is 1.00 bits per heavy atom. The molecule has 2 rings (SSSR count). The molecule has 0 saturated carbocycles. The van der Waals surface area contributed by atoms with E-state index in [-0.39, 0.29) is 17.4 Å². The number of aromatic amines is 1. The molecule has 2 heterocycles. The van der Waals surface area contributed by atoms with Crippen molar-refractivity contribution in [3.8, 4) is 0 Å². The molecule has 0 spiro atoms. The first-order chi connectivity index (χ1) is 16.4. The van der Waals surface area contributed by atoms with Crippen molar-refractivity contribution in [2.24, 2.45) is 7.05 Å². The third-order valence-corrected chi connectivity index (χ3v) is 6.90. The van der Waals surface area contributed by atoms with Crippen LogP contribution >= 0.6 is 0 Å². The summed E-state index contributed by atoms with van der Waals surface area (Å²) in [7, 11) is 3.60. The number of unbranched alkanes of at least 4 members (excludes halogenated alkanes) is 6. The van der Waals surface area contributed by atoms with Gasteiger partial charge >= 0.3 is 5.69 Å². The number of hydrogen-bond donors (Lipinski definition) is 3. The van der Waals surface area contributed by atoms with Crippen LogP contribution in [0.15, 0.2) is 9.59 Å². The number of fused-ring (bicyclic) bond motifs is 1. The highest BCUT2D eigenvalue weighted by Gasteiger charge is 2.28. The fourth-order valence-corrected chi connectivity index (χ4v) is 4.78. The van der Waals surface area contributed by atoms with Gasteiger partial charge < -0.3 is 25.1 Å². The van der Waals surface area contributed by atoms with E-state index >= 15 is 0 Å². The molecule has 9 heteroatoms. The van der Waals surface area contributed by atoms with Crippen LogP contribution in [-0.4, -0.2) is 78.6 Å². The van der Waals surface area contributed by atoms with Crippen LogP contribution in [0.2, 0.25) is 0 Å². The second kappa shape index (κ2) is 15.2. The van der Waals surface area contributed by atoms with Gasteiger partial charge in [0.25, 0.3) is 5.56 Å². The first-order valence-electron chi connectivity index (χ1n) is 13.3. The first-order valence-corrected chi connectivity index (χ1v) is 13.3. The molecule has 0 aromatic carbocycles. The highest BCUT2D eigenvalue weighted by Crippen LogP contribution is 2.29. The normalized spacial score (nSPS) is 14.3. The lowest BCUT2D eigenvalue weighted by Crippen LogP contribution is -2.32. The quantitative estimate of drug-likeness (QED) is 0.277. The van der Waals surface area contributed by atoms with Gasteiger partial charge in [0, 0.05) is 27.2 Å². The van der Waals surface area contributed by atoms with Gasteiger partial charge in [-0.2, -0.15) is 0 Å². The summed E-state index contributed by atoms with van der Waals surface area (Å²) in [4.78, 5) is 32.9. The number of nitrogens with one attached hydrogen (secondary N) is 2. The number of hydrogen-bond acceptors (Lipinski definition) is 7. The van der Waals surface area contributed by atoms with Crippen molar-refractivity contribution >= 4 is 11.5 Å². The van der Waals surface area contributed by atoms with Crippen LogP contribution in [0.1, 0.15) is 71.6 Å². The average molecular weight is 481 g/mol. The van der Waals surface area contributed by atoms with Gasteiger partial charge in [0.15, 0.2) is 0 Å². The van der Waals surface area contributed by atoms with Crippen molar-refractivity contribution in [1.82, 2.24) is 19.8 Å². The number of aliphatic hydroxyl groups is 1. The zero-order chi connectivity index (χ0) is 24.9. The average Bonchev–Trinajstić information content (AvgIpc) is 3.15. The largest absolute Gasteiger partial charge is 0.392 e. The van der Waals surface area contributed by atoms with Crippen LogP contribution in [0.4, 0.5) is 11.5 Å². The van der Waals surface area contributed by atoms with E-state index in [4.69, 9.17) is 0 Å². The Balaban J connectivity index is 1.48. The molecule has 0 fully saturated rings. The summed E-state index contributed by atoms with van der Waals surface area (Å²) < 4.78 is 1.54. The summed E-state index contributed by atoms with van der Waals surface area (Å²) in [5.74, 6) is 0.730. The maximum atomic E-state index is 12.1. The van der Waals surface area contributed by atoms with Crippen LogP contribution in [0, 0.1) is 0 Å². The van der Waals surface area contributed by atoms with E-state index in [1.54, 1.807) is 7.05 Å². The smallest absolute Gasteiger partial charge is 0.329 e. The molecule has 0 amide bonds. The van der Waals surface area contributed by atoms with E-state index in [1.807, 2.05) is 11.9 Å². The minimum absolute atomic E-state index is 0.238. The molecule has 0 aliphatic carbocycles. The fourth-order valence-electron chi connectivity index (χ4n) is 4.78. The van der Waals surface area contributed by atoms with Gasteiger partial charge in [-0.05, 0) is 45.4 Å². The molecule has 1 aliphatic rings. The van der Waals surface area contributed by atoms with Gasteiger partial charge in [-0.15, -0.1) is 0 Å². The zero-order valence-corrected chi connectivity index (χ0v) is 21.9. The lowest BCUT2D eigenvalue weighted by Gasteiger charge is -2.20. The highest BCUT2D eigenvalue weighted by molar-refractivity contribution is 5.71. The zero-order valence-electron chi connectivity index (χ0n) is 21.9. The van der Waals surface area contributed by atoms with Gasteiger partial charge in [0.2, 0.25) is 0 Å². The molecule has 1 aliphatic heterocycles. The summed E-state index contributed by atoms with van der Waals surface area (Å²) in [6.07, 6.45) is 9.85. The number of nitrogens with zero attached hydrogens (tertiary/aromatic N) is 4. The van der Waals surface area contributed by atoms with E-state index in [9.17, 15) is 14.7 Å². The summed E-state index contributed by atoms with van der Waals surface area (Å²) in [5, 5.41) is 13.5. The van der Waals surface area contributed by atoms with Crippen molar-refractivity contribution in [1.29, 1.82) is 0 Å². The van der Waals surface area contributed by atoms with Crippen LogP contribution < -0.4 is 26.4 Å². The molecule has 9 nitrogen and oxygen atoms in total. The molecule has 3 N–H and O–H groups in total. The third-order valence-electron chi connectivity index (χ3n) is 6.90. The van der Waals surface area contributed by atoms with E-state index in [0.717, 1.165) is 70.6 Å². The number of aromatic nitrogens is 2. The monoisotopic (exact) mass is 480 g/mol. The topological polar surface area (TPSA) is 96.8 Å². The molecule has 196 valence electrons. The fraction of sp³-hybridized carbons (Fsp3) is 0.840. The van der Waals surface area contributed by atoms with Crippen molar-refractivity contribution in [3.05, 3.63) is 20.8 Å². The van der Waals surface area contributed by atoms with Gasteiger partial charge in [-0.25, -0.2) is 4.79 Å². The van der Waals surface area contributed by atoms with Crippen molar-refractivity contribution < 1.29 is 5.11 Å². The maximum absolute atomic E-state index is 12.1. The Labute approximate surface area is 205 Å². The maximum Gasteiger partial charge on any atom is 0.329 e. The number of rotatable bonds is 18. The summed E-state index contributed by atoms with van der Waals surface area (Å²) in [5.41, 5.74) is -0.0846. The molecule has 0 bridgehead atoms. The Kier molecular flexibility index (Phi) is 12.7. The van der Waals surface area contributed by atoms with Crippen LogP contribution in [-0.2, 0) is 7.05 Å². The van der Waals surface area contributed by atoms with E-state index in [2.05, 4.69) is 33.9 Å². The van der Waals surface area contributed by atoms with Gasteiger partial charge in [-0.3, -0.25) is 14.3 Å². The summed E-state index contributed by atoms with van der Waals surface area (Å²) >= 11 is 0. The molecule has 1 aromatic rings. The first kappa shape index (κ1) is 28.4. The minimum atomic E-state index is -0.361. The van der Waals surface area contributed by atoms with Gasteiger partial charge in [0.1, 0.15) is 11.5 Å². The van der Waals surface area contributed by atoms with Crippen LogP contribution in [0.5, 0.6) is 0 Å². The van der Waals surface area contributed by atoms with Crippen LogP contribution in [0.25, 0.3) is 0 Å². The highest BCUT2D eigenvalue weighted by atomic mass is 16.3. The van der Waals surface area contributed by atoms with Crippen molar-refractivity contribution in [3.63, 3.8) is 0 Å². The predicted molar refractivity (Wildman–Crippen MR) is 141 cm³/mol. The Morgan fingerprint density at radius 2 is 1.65 bits per heavy atom. The van der Waals surface area contributed by atoms with Crippen molar-refractivity contribution in [2.75, 3.05) is 62.8 Å². The second-order valence-corrected chi connectivity index (χ2v) is 9.60. The predicted octanol–water partition coefficient (Wildman–Crippen LogP) is 2.09. The van der Waals surface area contributed by atoms with E-state index < -0.39 is 0 Å². The molecule has 1 atom stereocenters. The molecule has 34 heavy (non-hydrogen) atoms. The molecule has 0 radical (unpaired) electrons. The lowest BCUT2D eigenvalue weighted by atomic mass is 10.1. The molecule has 0 saturated heterocycles. The molecular weight excluding hydrogens is 432 g/mol. The summed E-state index contributed by atoms with van der Waals surface area (Å²) in [6, 6.07) is 0. The molecular formula is C25H48N6O3. The summed E-state index contributed by atoms with van der Waals surface area (Å²) in [6.45, 7) is 10.9. The standard InChI is InChI=1S/C25H48N6O3/c1-5-30(6-2)17-14-16-26-19-21(32)15-12-10-8-7-9-11-13-18-31-20-28(3)22-23(33)27-25(34)29(4)24(22)31/h21,26,32H,5-20H2,1-4H3,(H,27,33,34).